The van der Waals surface area contributed by atoms with Gasteiger partial charge in [0.25, 0.3) is 5.91 Å². The van der Waals surface area contributed by atoms with E-state index in [0.29, 0.717) is 19.2 Å². The second kappa shape index (κ2) is 18.6. The quantitative estimate of drug-likeness (QED) is 0.129. The molecule has 0 radical (unpaired) electrons. The third-order valence-corrected chi connectivity index (χ3v) is 6.63. The molecule has 0 unspecified atom stereocenters. The molecule has 0 saturated heterocycles. The monoisotopic (exact) mass is 501 g/mol. The molecular weight excluding hydrogens is 454 g/mol. The van der Waals surface area contributed by atoms with Crippen LogP contribution in [0.15, 0.2) is 18.2 Å². The van der Waals surface area contributed by atoms with Crippen LogP contribution in [0.3, 0.4) is 0 Å². The number of halogens is 4. The molecule has 0 bridgehead atoms. The summed E-state index contributed by atoms with van der Waals surface area (Å²) in [5.74, 6) is -2.11. The first-order valence-corrected chi connectivity index (χ1v) is 14.0. The molecule has 0 spiro atoms. The summed E-state index contributed by atoms with van der Waals surface area (Å²) in [5.41, 5.74) is -1.87. The molecule has 35 heavy (non-hydrogen) atoms. The van der Waals surface area contributed by atoms with Crippen molar-refractivity contribution in [3.63, 3.8) is 0 Å². The Morgan fingerprint density at radius 1 is 0.686 bits per heavy atom. The van der Waals surface area contributed by atoms with Crippen molar-refractivity contribution < 1.29 is 22.4 Å². The minimum absolute atomic E-state index is 0.445. The van der Waals surface area contributed by atoms with E-state index in [4.69, 9.17) is 0 Å². The summed E-state index contributed by atoms with van der Waals surface area (Å²) in [4.78, 5) is 14.5. The van der Waals surface area contributed by atoms with Crippen molar-refractivity contribution in [3.8, 4) is 0 Å². The van der Waals surface area contributed by atoms with E-state index in [1.165, 1.54) is 75.5 Å². The van der Waals surface area contributed by atoms with Crippen LogP contribution in [0.1, 0.15) is 139 Å². The van der Waals surface area contributed by atoms with E-state index in [0.717, 1.165) is 50.7 Å². The van der Waals surface area contributed by atoms with Gasteiger partial charge in [-0.1, -0.05) is 116 Å². The maximum Gasteiger partial charge on any atom is 0.419 e. The summed E-state index contributed by atoms with van der Waals surface area (Å²) in [6.07, 6.45) is 15.1. The predicted octanol–water partition coefficient (Wildman–Crippen LogP) is 9.96. The fourth-order valence-corrected chi connectivity index (χ4v) is 4.45. The zero-order valence-corrected chi connectivity index (χ0v) is 22.0. The van der Waals surface area contributed by atoms with Gasteiger partial charge in [-0.2, -0.15) is 13.2 Å². The lowest BCUT2D eigenvalue weighted by Crippen LogP contribution is -2.34. The Hall–Kier alpha value is -1.59. The molecule has 0 atom stereocenters. The second-order valence-electron chi connectivity index (χ2n) is 9.76. The molecule has 0 aliphatic rings. The van der Waals surface area contributed by atoms with Crippen molar-refractivity contribution in [1.82, 2.24) is 4.90 Å². The van der Waals surface area contributed by atoms with Gasteiger partial charge in [-0.15, -0.1) is 0 Å². The van der Waals surface area contributed by atoms with Crippen molar-refractivity contribution in [2.75, 3.05) is 13.1 Å². The molecule has 1 rings (SSSR count). The van der Waals surface area contributed by atoms with Gasteiger partial charge in [-0.3, -0.25) is 4.79 Å². The Bertz CT molecular complexity index is 690. The highest BCUT2D eigenvalue weighted by Crippen LogP contribution is 2.32. The third-order valence-electron chi connectivity index (χ3n) is 6.63. The average molecular weight is 502 g/mol. The molecule has 1 aromatic rings. The zero-order chi connectivity index (χ0) is 25.9. The second-order valence-corrected chi connectivity index (χ2v) is 9.76. The lowest BCUT2D eigenvalue weighted by molar-refractivity contribution is -0.140. The van der Waals surface area contributed by atoms with Gasteiger partial charge >= 0.3 is 6.18 Å². The van der Waals surface area contributed by atoms with Crippen molar-refractivity contribution in [2.45, 2.75) is 129 Å². The number of unbranched alkanes of at least 4 members (excludes halogenated alkanes) is 15. The van der Waals surface area contributed by atoms with Crippen LogP contribution < -0.4 is 0 Å². The van der Waals surface area contributed by atoms with Crippen LogP contribution >= 0.6 is 0 Å². The van der Waals surface area contributed by atoms with Gasteiger partial charge in [0, 0.05) is 13.1 Å². The van der Waals surface area contributed by atoms with Crippen molar-refractivity contribution in [1.29, 1.82) is 0 Å². The van der Waals surface area contributed by atoms with Gasteiger partial charge in [-0.25, -0.2) is 4.39 Å². The maximum absolute atomic E-state index is 14.5. The molecular formula is C29H47F4NO. The lowest BCUT2D eigenvalue weighted by Gasteiger charge is -2.23. The van der Waals surface area contributed by atoms with Gasteiger partial charge in [0.15, 0.2) is 0 Å². The number of carbonyl (C=O) groups excluding carboxylic acids is 1. The highest BCUT2D eigenvalue weighted by atomic mass is 19.4. The van der Waals surface area contributed by atoms with Gasteiger partial charge in [0.1, 0.15) is 5.82 Å². The zero-order valence-electron chi connectivity index (χ0n) is 22.0. The van der Waals surface area contributed by atoms with E-state index in [2.05, 4.69) is 6.92 Å². The Labute approximate surface area is 210 Å². The van der Waals surface area contributed by atoms with Gasteiger partial charge < -0.3 is 4.90 Å². The predicted molar refractivity (Wildman–Crippen MR) is 137 cm³/mol. The number of hydrogen-bond donors (Lipinski definition) is 0. The summed E-state index contributed by atoms with van der Waals surface area (Å²) < 4.78 is 53.7. The molecule has 0 aliphatic carbocycles. The molecule has 0 heterocycles. The largest absolute Gasteiger partial charge is 0.419 e. The molecule has 202 valence electrons. The van der Waals surface area contributed by atoms with E-state index in [1.807, 2.05) is 6.92 Å². The van der Waals surface area contributed by atoms with Crippen LogP contribution in [-0.2, 0) is 6.18 Å². The minimum Gasteiger partial charge on any atom is -0.339 e. The highest BCUT2D eigenvalue weighted by molar-refractivity contribution is 5.94. The average Bonchev–Trinajstić information content (AvgIpc) is 2.82. The van der Waals surface area contributed by atoms with Gasteiger partial charge in [-0.05, 0) is 25.0 Å². The maximum atomic E-state index is 14.5. The summed E-state index contributed by atoms with van der Waals surface area (Å²) in [6.45, 7) is 5.19. The number of amides is 1. The van der Waals surface area contributed by atoms with Crippen LogP contribution in [0.5, 0.6) is 0 Å². The fourth-order valence-electron chi connectivity index (χ4n) is 4.45. The first kappa shape index (κ1) is 31.4. The number of benzene rings is 1. The lowest BCUT2D eigenvalue weighted by atomic mass is 10.0. The van der Waals surface area contributed by atoms with E-state index in [1.54, 1.807) is 0 Å². The standard InChI is InChI=1S/C29H47F4NO/c1-3-5-7-8-9-10-11-12-13-14-15-16-17-19-24-34(23-18-6-4-2)28(35)25-21-20-22-26(27(25)30)29(31,32)33/h20-22H,3-19,23-24H2,1-2H3. The number of rotatable bonds is 20. The van der Waals surface area contributed by atoms with Crippen LogP contribution in [0, 0.1) is 5.82 Å². The smallest absolute Gasteiger partial charge is 0.339 e. The van der Waals surface area contributed by atoms with E-state index >= 15 is 0 Å². The van der Waals surface area contributed by atoms with Gasteiger partial charge in [0.2, 0.25) is 0 Å². The van der Waals surface area contributed by atoms with Crippen LogP contribution in [0.25, 0.3) is 0 Å². The van der Waals surface area contributed by atoms with E-state index in [9.17, 15) is 22.4 Å². The SMILES string of the molecule is CCCCCCCCCCCCCCCCN(CCCCC)C(=O)c1cccc(C(F)(F)F)c1F. The molecule has 1 aromatic carbocycles. The molecule has 0 aliphatic heterocycles. The normalized spacial score (nSPS) is 11.7. The number of carbonyl (C=O) groups is 1. The Balaban J connectivity index is 2.37. The topological polar surface area (TPSA) is 20.3 Å². The highest BCUT2D eigenvalue weighted by Gasteiger charge is 2.36. The summed E-state index contributed by atoms with van der Waals surface area (Å²) >= 11 is 0. The summed E-state index contributed by atoms with van der Waals surface area (Å²) in [6, 6.07) is 2.95. The molecule has 6 heteroatoms. The van der Waals surface area contributed by atoms with Crippen LogP contribution in [-0.4, -0.2) is 23.9 Å². The van der Waals surface area contributed by atoms with Crippen LogP contribution in [0.2, 0.25) is 0 Å². The molecule has 0 N–H and O–H groups in total. The summed E-state index contributed by atoms with van der Waals surface area (Å²) in [7, 11) is 0. The molecule has 1 amide bonds. The first-order valence-electron chi connectivity index (χ1n) is 14.0. The minimum atomic E-state index is -4.82. The van der Waals surface area contributed by atoms with Crippen molar-refractivity contribution in [3.05, 3.63) is 35.1 Å². The van der Waals surface area contributed by atoms with Crippen molar-refractivity contribution in [2.24, 2.45) is 0 Å². The fraction of sp³-hybridized carbons (Fsp3) is 0.759. The van der Waals surface area contributed by atoms with Crippen LogP contribution in [0.4, 0.5) is 17.6 Å². The van der Waals surface area contributed by atoms with Gasteiger partial charge in [0.05, 0.1) is 11.1 Å². The molecule has 0 saturated carbocycles. The Kier molecular flexibility index (Phi) is 16.8. The first-order chi connectivity index (χ1) is 16.8. The Morgan fingerprint density at radius 3 is 1.54 bits per heavy atom. The number of nitrogens with zero attached hydrogens (tertiary/aromatic N) is 1. The van der Waals surface area contributed by atoms with E-state index in [-0.39, 0.29) is 0 Å². The van der Waals surface area contributed by atoms with Crippen molar-refractivity contribution >= 4 is 5.91 Å². The molecule has 0 aromatic heterocycles. The van der Waals surface area contributed by atoms with E-state index < -0.39 is 29.0 Å². The number of alkyl halides is 3. The Morgan fingerprint density at radius 2 is 1.09 bits per heavy atom. The third kappa shape index (κ3) is 13.3. The molecule has 2 nitrogen and oxygen atoms in total. The molecule has 0 fully saturated rings. The number of hydrogen-bond acceptors (Lipinski definition) is 1. The summed E-state index contributed by atoms with van der Waals surface area (Å²) in [5, 5.41) is 0.